The molecule has 0 aromatic carbocycles. The minimum absolute atomic E-state index is 0.104. The van der Waals surface area contributed by atoms with Gasteiger partial charge in [0.2, 0.25) is 0 Å². The predicted molar refractivity (Wildman–Crippen MR) is 47.5 cm³/mol. The van der Waals surface area contributed by atoms with E-state index in [9.17, 15) is 4.79 Å². The van der Waals surface area contributed by atoms with Gasteiger partial charge in [-0.1, -0.05) is 0 Å². The number of carbonyl (C=O) groups is 1. The van der Waals surface area contributed by atoms with Gasteiger partial charge in [-0.2, -0.15) is 0 Å². The van der Waals surface area contributed by atoms with Gasteiger partial charge < -0.3 is 16.2 Å². The maximum atomic E-state index is 10.9. The molecule has 0 bridgehead atoms. The normalized spacial score (nSPS) is 12.6. The van der Waals surface area contributed by atoms with Crippen molar-refractivity contribution in [2.24, 2.45) is 11.5 Å². The minimum Gasteiger partial charge on any atom is -0.466 e. The summed E-state index contributed by atoms with van der Waals surface area (Å²) in [5, 5.41) is 0. The van der Waals surface area contributed by atoms with Crippen LogP contribution in [0.2, 0.25) is 0 Å². The molecule has 1 atom stereocenters. The highest BCUT2D eigenvalue weighted by Crippen LogP contribution is 1.99. The molecule has 0 aliphatic rings. The highest BCUT2D eigenvalue weighted by Gasteiger charge is 2.08. The molecule has 0 spiro atoms. The standard InChI is InChI=1S/C8H18N2O2/c1-2-12-8(11)6-7(10)4-3-5-9/h7H,2-6,9-10H2,1H3. The summed E-state index contributed by atoms with van der Waals surface area (Å²) in [4.78, 5) is 10.9. The summed E-state index contributed by atoms with van der Waals surface area (Å²) in [5.41, 5.74) is 10.9. The van der Waals surface area contributed by atoms with Crippen molar-refractivity contribution in [3.05, 3.63) is 0 Å². The van der Waals surface area contributed by atoms with E-state index >= 15 is 0 Å². The molecule has 0 saturated carbocycles. The molecule has 4 N–H and O–H groups in total. The van der Waals surface area contributed by atoms with Gasteiger partial charge in [-0.3, -0.25) is 4.79 Å². The Labute approximate surface area is 73.2 Å². The zero-order valence-electron chi connectivity index (χ0n) is 7.58. The van der Waals surface area contributed by atoms with Gasteiger partial charge in [-0.25, -0.2) is 0 Å². The molecule has 1 unspecified atom stereocenters. The Kier molecular flexibility index (Phi) is 6.70. The summed E-state index contributed by atoms with van der Waals surface area (Å²) in [6.07, 6.45) is 1.95. The quantitative estimate of drug-likeness (QED) is 0.556. The fourth-order valence-corrected chi connectivity index (χ4v) is 0.916. The van der Waals surface area contributed by atoms with Crippen LogP contribution in [0.1, 0.15) is 26.2 Å². The molecular formula is C8H18N2O2. The zero-order chi connectivity index (χ0) is 9.40. The molecule has 0 saturated heterocycles. The first kappa shape index (κ1) is 11.4. The van der Waals surface area contributed by atoms with E-state index in [0.29, 0.717) is 19.6 Å². The molecule has 12 heavy (non-hydrogen) atoms. The van der Waals surface area contributed by atoms with Gasteiger partial charge in [0.05, 0.1) is 13.0 Å². The van der Waals surface area contributed by atoms with E-state index in [2.05, 4.69) is 0 Å². The Bertz CT molecular complexity index is 128. The van der Waals surface area contributed by atoms with Gasteiger partial charge in [0.25, 0.3) is 0 Å². The van der Waals surface area contributed by atoms with Gasteiger partial charge in [0.1, 0.15) is 0 Å². The summed E-state index contributed by atoms with van der Waals surface area (Å²) in [5.74, 6) is -0.220. The number of ether oxygens (including phenoxy) is 1. The van der Waals surface area contributed by atoms with Crippen LogP contribution in [0, 0.1) is 0 Å². The second-order valence-electron chi connectivity index (χ2n) is 2.70. The smallest absolute Gasteiger partial charge is 0.307 e. The fraction of sp³-hybridized carbons (Fsp3) is 0.875. The second-order valence-corrected chi connectivity index (χ2v) is 2.70. The van der Waals surface area contributed by atoms with Gasteiger partial charge in [0.15, 0.2) is 0 Å². The van der Waals surface area contributed by atoms with E-state index in [1.165, 1.54) is 0 Å². The monoisotopic (exact) mass is 174 g/mol. The number of esters is 1. The lowest BCUT2D eigenvalue weighted by atomic mass is 10.1. The molecule has 72 valence electrons. The zero-order valence-corrected chi connectivity index (χ0v) is 7.58. The minimum atomic E-state index is -0.220. The first-order valence-corrected chi connectivity index (χ1v) is 4.32. The van der Waals surface area contributed by atoms with Crippen molar-refractivity contribution in [1.29, 1.82) is 0 Å². The summed E-state index contributed by atoms with van der Waals surface area (Å²) in [6.45, 7) is 2.82. The Hall–Kier alpha value is -0.610. The first-order valence-electron chi connectivity index (χ1n) is 4.32. The van der Waals surface area contributed by atoms with E-state index < -0.39 is 0 Å². The molecule has 0 aromatic rings. The Morgan fingerprint density at radius 3 is 2.75 bits per heavy atom. The lowest BCUT2D eigenvalue weighted by Crippen LogP contribution is -2.25. The fourth-order valence-electron chi connectivity index (χ4n) is 0.916. The lowest BCUT2D eigenvalue weighted by Gasteiger charge is -2.09. The number of nitrogens with two attached hydrogens (primary N) is 2. The van der Waals surface area contributed by atoms with Crippen LogP contribution >= 0.6 is 0 Å². The van der Waals surface area contributed by atoms with Crippen LogP contribution in [0.5, 0.6) is 0 Å². The van der Waals surface area contributed by atoms with Crippen LogP contribution < -0.4 is 11.5 Å². The highest BCUT2D eigenvalue weighted by atomic mass is 16.5. The Balaban J connectivity index is 3.40. The molecule has 4 nitrogen and oxygen atoms in total. The van der Waals surface area contributed by atoms with Crippen LogP contribution in [-0.4, -0.2) is 25.2 Å². The number of rotatable bonds is 6. The molecule has 4 heteroatoms. The average molecular weight is 174 g/mol. The molecule has 0 rings (SSSR count). The number of carbonyl (C=O) groups excluding carboxylic acids is 1. The van der Waals surface area contributed by atoms with Crippen molar-refractivity contribution < 1.29 is 9.53 Å². The van der Waals surface area contributed by atoms with Crippen molar-refractivity contribution in [1.82, 2.24) is 0 Å². The molecule has 0 aliphatic heterocycles. The van der Waals surface area contributed by atoms with Crippen LogP contribution in [0.25, 0.3) is 0 Å². The average Bonchev–Trinajstić information content (AvgIpc) is 2.01. The van der Waals surface area contributed by atoms with Crippen LogP contribution in [0.3, 0.4) is 0 Å². The maximum Gasteiger partial charge on any atom is 0.307 e. The maximum absolute atomic E-state index is 10.9. The largest absolute Gasteiger partial charge is 0.466 e. The highest BCUT2D eigenvalue weighted by molar-refractivity contribution is 5.70. The van der Waals surface area contributed by atoms with E-state index in [0.717, 1.165) is 12.8 Å². The van der Waals surface area contributed by atoms with Gasteiger partial charge >= 0.3 is 5.97 Å². The number of hydrogen-bond donors (Lipinski definition) is 2. The second kappa shape index (κ2) is 7.06. The van der Waals surface area contributed by atoms with Crippen molar-refractivity contribution in [2.75, 3.05) is 13.2 Å². The molecule has 0 fully saturated rings. The molecule has 0 radical (unpaired) electrons. The Morgan fingerprint density at radius 2 is 2.25 bits per heavy atom. The summed E-state index contributed by atoms with van der Waals surface area (Å²) in [6, 6.07) is -0.104. The van der Waals surface area contributed by atoms with Crippen molar-refractivity contribution in [3.63, 3.8) is 0 Å². The van der Waals surface area contributed by atoms with Crippen LogP contribution in [0.4, 0.5) is 0 Å². The summed E-state index contributed by atoms with van der Waals surface area (Å²) in [7, 11) is 0. The molecule has 0 aromatic heterocycles. The van der Waals surface area contributed by atoms with Crippen molar-refractivity contribution >= 4 is 5.97 Å². The van der Waals surface area contributed by atoms with Crippen LogP contribution in [-0.2, 0) is 9.53 Å². The van der Waals surface area contributed by atoms with Crippen LogP contribution in [0.15, 0.2) is 0 Å². The van der Waals surface area contributed by atoms with Gasteiger partial charge in [0, 0.05) is 6.04 Å². The predicted octanol–water partition coefficient (Wildman–Crippen LogP) is 0.00580. The lowest BCUT2D eigenvalue weighted by molar-refractivity contribution is -0.143. The van der Waals surface area contributed by atoms with E-state index in [4.69, 9.17) is 16.2 Å². The van der Waals surface area contributed by atoms with Gasteiger partial charge in [-0.15, -0.1) is 0 Å². The SMILES string of the molecule is CCOC(=O)CC(N)CCCN. The summed E-state index contributed by atoms with van der Waals surface area (Å²) >= 11 is 0. The van der Waals surface area contributed by atoms with E-state index in [-0.39, 0.29) is 12.0 Å². The third-order valence-electron chi connectivity index (χ3n) is 1.51. The van der Waals surface area contributed by atoms with Crippen molar-refractivity contribution in [3.8, 4) is 0 Å². The Morgan fingerprint density at radius 1 is 1.58 bits per heavy atom. The number of hydrogen-bond acceptors (Lipinski definition) is 4. The van der Waals surface area contributed by atoms with Crippen molar-refractivity contribution in [2.45, 2.75) is 32.2 Å². The first-order chi connectivity index (χ1) is 5.70. The third kappa shape index (κ3) is 6.12. The molecular weight excluding hydrogens is 156 g/mol. The topological polar surface area (TPSA) is 78.3 Å². The summed E-state index contributed by atoms with van der Waals surface area (Å²) < 4.78 is 4.74. The van der Waals surface area contributed by atoms with Gasteiger partial charge in [-0.05, 0) is 26.3 Å². The molecule has 0 aliphatic carbocycles. The third-order valence-corrected chi connectivity index (χ3v) is 1.51. The van der Waals surface area contributed by atoms with E-state index in [1.807, 2.05) is 0 Å². The molecule has 0 amide bonds. The molecule has 0 heterocycles. The van der Waals surface area contributed by atoms with E-state index in [1.54, 1.807) is 6.92 Å².